The van der Waals surface area contributed by atoms with E-state index in [-0.39, 0.29) is 24.4 Å². The van der Waals surface area contributed by atoms with Gasteiger partial charge in [0.15, 0.2) is 0 Å². The van der Waals surface area contributed by atoms with Crippen molar-refractivity contribution in [1.82, 2.24) is 14.5 Å². The van der Waals surface area contributed by atoms with Crippen molar-refractivity contribution in [2.45, 2.75) is 25.8 Å². The highest BCUT2D eigenvalue weighted by Crippen LogP contribution is 2.29. The highest BCUT2D eigenvalue weighted by atomic mass is 16.5. The van der Waals surface area contributed by atoms with Crippen molar-refractivity contribution in [3.8, 4) is 22.7 Å². The maximum absolute atomic E-state index is 13.2. The molecule has 3 aromatic carbocycles. The van der Waals surface area contributed by atoms with Crippen LogP contribution in [0.15, 0.2) is 91.1 Å². The second kappa shape index (κ2) is 10.5. The normalized spacial score (nSPS) is 12.7. The van der Waals surface area contributed by atoms with Gasteiger partial charge in [-0.3, -0.25) is 19.5 Å². The average molecular weight is 481 g/mol. The molecule has 1 aliphatic carbocycles. The predicted molar refractivity (Wildman–Crippen MR) is 139 cm³/mol. The third kappa shape index (κ3) is 5.30. The van der Waals surface area contributed by atoms with Crippen LogP contribution in [0, 0.1) is 0 Å². The smallest absolute Gasteiger partial charge is 0.254 e. The van der Waals surface area contributed by atoms with E-state index in [1.165, 1.54) is 0 Å². The molecule has 0 atom stereocenters. The summed E-state index contributed by atoms with van der Waals surface area (Å²) in [6.45, 7) is 2.45. The lowest BCUT2D eigenvalue weighted by atomic mass is 10.2. The van der Waals surface area contributed by atoms with Gasteiger partial charge in [0.25, 0.3) is 5.91 Å². The minimum atomic E-state index is -0.293. The van der Waals surface area contributed by atoms with Crippen LogP contribution < -0.4 is 10.1 Å². The summed E-state index contributed by atoms with van der Waals surface area (Å²) in [6.07, 6.45) is 3.70. The number of ether oxygens (including phenoxy) is 1. The zero-order chi connectivity index (χ0) is 24.9. The van der Waals surface area contributed by atoms with Crippen LogP contribution in [0.2, 0.25) is 0 Å². The van der Waals surface area contributed by atoms with Gasteiger partial charge in [-0.1, -0.05) is 54.6 Å². The lowest BCUT2D eigenvalue weighted by Crippen LogP contribution is -2.39. The molecule has 0 unspecified atom stereocenters. The Morgan fingerprint density at radius 2 is 1.72 bits per heavy atom. The highest BCUT2D eigenvalue weighted by Gasteiger charge is 2.34. The van der Waals surface area contributed by atoms with Crippen LogP contribution in [0.1, 0.15) is 30.1 Å². The first-order chi connectivity index (χ1) is 17.6. The Bertz CT molecular complexity index is 1350. The number of hydrogen-bond donors (Lipinski definition) is 1. The molecular weight excluding hydrogens is 452 g/mol. The van der Waals surface area contributed by atoms with E-state index in [9.17, 15) is 9.59 Å². The number of hydrogen-bond acceptors (Lipinski definition) is 4. The maximum atomic E-state index is 13.2. The van der Waals surface area contributed by atoms with Gasteiger partial charge in [-0.25, -0.2) is 4.98 Å². The number of rotatable bonds is 9. The first-order valence-electron chi connectivity index (χ1n) is 12.2. The number of benzene rings is 3. The quantitative estimate of drug-likeness (QED) is 0.358. The lowest BCUT2D eigenvalue weighted by Gasteiger charge is -2.22. The second-order valence-corrected chi connectivity index (χ2v) is 8.69. The number of carbonyl (C=O) groups is 2. The Kier molecular flexibility index (Phi) is 6.80. The molecule has 182 valence electrons. The SMILES string of the molecule is CCOc1cccc(-n2cc(-c3ccccc3)nc2NC(=O)CN(C(=O)c2ccccc2)C2CC2)c1. The molecule has 0 radical (unpaired) electrons. The van der Waals surface area contributed by atoms with Crippen LogP contribution in [-0.4, -0.2) is 45.5 Å². The first kappa shape index (κ1) is 23.4. The monoisotopic (exact) mass is 480 g/mol. The van der Waals surface area contributed by atoms with E-state index >= 15 is 0 Å². The van der Waals surface area contributed by atoms with Crippen LogP contribution in [0.3, 0.4) is 0 Å². The molecule has 0 bridgehead atoms. The second-order valence-electron chi connectivity index (χ2n) is 8.69. The Balaban J connectivity index is 1.42. The van der Waals surface area contributed by atoms with Gasteiger partial charge in [0.05, 0.1) is 18.0 Å². The average Bonchev–Trinajstić information content (AvgIpc) is 3.67. The van der Waals surface area contributed by atoms with Crippen LogP contribution in [0.5, 0.6) is 5.75 Å². The largest absolute Gasteiger partial charge is 0.494 e. The fourth-order valence-electron chi connectivity index (χ4n) is 4.12. The van der Waals surface area contributed by atoms with E-state index in [2.05, 4.69) is 5.32 Å². The summed E-state index contributed by atoms with van der Waals surface area (Å²) in [5.74, 6) is 0.690. The van der Waals surface area contributed by atoms with E-state index in [0.717, 1.165) is 35.5 Å². The first-order valence-corrected chi connectivity index (χ1v) is 12.2. The molecule has 1 heterocycles. The zero-order valence-electron chi connectivity index (χ0n) is 20.1. The number of aromatic nitrogens is 2. The molecule has 7 heteroatoms. The molecule has 2 amide bonds. The molecule has 0 saturated heterocycles. The third-order valence-electron chi connectivity index (χ3n) is 6.02. The van der Waals surface area contributed by atoms with Crippen LogP contribution in [0.4, 0.5) is 5.95 Å². The van der Waals surface area contributed by atoms with Crippen molar-refractivity contribution >= 4 is 17.8 Å². The molecule has 5 rings (SSSR count). The summed E-state index contributed by atoms with van der Waals surface area (Å²) >= 11 is 0. The summed E-state index contributed by atoms with van der Waals surface area (Å²) in [5.41, 5.74) is 3.06. The molecule has 1 saturated carbocycles. The van der Waals surface area contributed by atoms with Crippen molar-refractivity contribution in [2.24, 2.45) is 0 Å². The molecule has 1 aliphatic rings. The molecule has 7 nitrogen and oxygen atoms in total. The van der Waals surface area contributed by atoms with Crippen molar-refractivity contribution in [2.75, 3.05) is 18.5 Å². The van der Waals surface area contributed by atoms with Crippen molar-refractivity contribution in [3.05, 3.63) is 96.7 Å². The van der Waals surface area contributed by atoms with Crippen LogP contribution in [0.25, 0.3) is 16.9 Å². The summed E-state index contributed by atoms with van der Waals surface area (Å²) in [7, 11) is 0. The lowest BCUT2D eigenvalue weighted by molar-refractivity contribution is -0.117. The van der Waals surface area contributed by atoms with E-state index < -0.39 is 0 Å². The van der Waals surface area contributed by atoms with E-state index in [0.29, 0.717) is 18.1 Å². The van der Waals surface area contributed by atoms with Gasteiger partial charge >= 0.3 is 0 Å². The van der Waals surface area contributed by atoms with Gasteiger partial charge in [0.2, 0.25) is 11.9 Å². The topological polar surface area (TPSA) is 76.5 Å². The molecule has 1 N–H and O–H groups in total. The zero-order valence-corrected chi connectivity index (χ0v) is 20.1. The van der Waals surface area contributed by atoms with Gasteiger partial charge in [-0.2, -0.15) is 0 Å². The minimum Gasteiger partial charge on any atom is -0.494 e. The van der Waals surface area contributed by atoms with Gasteiger partial charge in [-0.15, -0.1) is 0 Å². The maximum Gasteiger partial charge on any atom is 0.254 e. The molecule has 1 aromatic heterocycles. The fourth-order valence-corrected chi connectivity index (χ4v) is 4.12. The highest BCUT2D eigenvalue weighted by molar-refractivity contribution is 5.99. The fraction of sp³-hybridized carbons (Fsp3) is 0.207. The van der Waals surface area contributed by atoms with Crippen molar-refractivity contribution in [1.29, 1.82) is 0 Å². The van der Waals surface area contributed by atoms with E-state index in [4.69, 9.17) is 9.72 Å². The number of nitrogens with zero attached hydrogens (tertiary/aromatic N) is 3. The molecule has 0 spiro atoms. The van der Waals surface area contributed by atoms with Gasteiger partial charge in [0.1, 0.15) is 12.3 Å². The third-order valence-corrected chi connectivity index (χ3v) is 6.02. The standard InChI is InChI=1S/C29H28N4O3/c1-2-36-25-15-9-14-24(18-25)33-19-26(21-10-5-3-6-11-21)30-29(33)31-27(34)20-32(23-16-17-23)28(35)22-12-7-4-8-13-22/h3-15,18-19,23H,2,16-17,20H2,1H3,(H,30,31,34). The number of imidazole rings is 1. The Hall–Kier alpha value is -4.39. The minimum absolute atomic E-state index is 0.0368. The molecular formula is C29H28N4O3. The Morgan fingerprint density at radius 1 is 1.00 bits per heavy atom. The number of anilines is 1. The van der Waals surface area contributed by atoms with Gasteiger partial charge in [-0.05, 0) is 44.0 Å². The van der Waals surface area contributed by atoms with Gasteiger partial charge < -0.3 is 9.64 Å². The van der Waals surface area contributed by atoms with E-state index in [1.807, 2.05) is 90.5 Å². The summed E-state index contributed by atoms with van der Waals surface area (Å²) in [5, 5.41) is 2.95. The van der Waals surface area contributed by atoms with Crippen LogP contribution in [-0.2, 0) is 4.79 Å². The number of carbonyl (C=O) groups excluding carboxylic acids is 2. The van der Waals surface area contributed by atoms with Crippen LogP contribution >= 0.6 is 0 Å². The predicted octanol–water partition coefficient (Wildman–Crippen LogP) is 5.18. The summed E-state index contributed by atoms with van der Waals surface area (Å²) < 4.78 is 7.51. The number of nitrogens with one attached hydrogen (secondary N) is 1. The van der Waals surface area contributed by atoms with Crippen molar-refractivity contribution in [3.63, 3.8) is 0 Å². The van der Waals surface area contributed by atoms with Gasteiger partial charge in [0, 0.05) is 29.4 Å². The van der Waals surface area contributed by atoms with Crippen molar-refractivity contribution < 1.29 is 14.3 Å². The molecule has 36 heavy (non-hydrogen) atoms. The van der Waals surface area contributed by atoms with E-state index in [1.54, 1.807) is 17.0 Å². The summed E-state index contributed by atoms with van der Waals surface area (Å²) in [6, 6.07) is 26.6. The molecule has 0 aliphatic heterocycles. The molecule has 4 aromatic rings. The molecule has 1 fully saturated rings. The Labute approximate surface area is 210 Å². The Morgan fingerprint density at radius 3 is 2.42 bits per heavy atom. The summed E-state index contributed by atoms with van der Waals surface area (Å²) in [4.78, 5) is 32.7. The number of amides is 2.